The van der Waals surface area contributed by atoms with Gasteiger partial charge in [0.15, 0.2) is 22.3 Å². The van der Waals surface area contributed by atoms with Crippen molar-refractivity contribution in [3.05, 3.63) is 34.3 Å². The summed E-state index contributed by atoms with van der Waals surface area (Å²) in [5.41, 5.74) is 0.467. The monoisotopic (exact) mass is 390 g/mol. The Morgan fingerprint density at radius 1 is 1.07 bits per heavy atom. The molecule has 0 unspecified atom stereocenters. The van der Waals surface area contributed by atoms with E-state index in [0.29, 0.717) is 53.8 Å². The van der Waals surface area contributed by atoms with Crippen molar-refractivity contribution in [1.82, 2.24) is 9.88 Å². The van der Waals surface area contributed by atoms with Crippen LogP contribution in [-0.4, -0.2) is 56.0 Å². The fourth-order valence-electron chi connectivity index (χ4n) is 3.25. The molecule has 27 heavy (non-hydrogen) atoms. The van der Waals surface area contributed by atoms with E-state index < -0.39 is 0 Å². The summed E-state index contributed by atoms with van der Waals surface area (Å²) in [5, 5.41) is 2.35. The van der Waals surface area contributed by atoms with Crippen molar-refractivity contribution in [3.63, 3.8) is 0 Å². The topological polar surface area (TPSA) is 78.0 Å². The molecule has 0 atom stereocenters. The number of thiazole rings is 1. The minimum atomic E-state index is -0.116. The maximum atomic E-state index is 12.9. The van der Waals surface area contributed by atoms with Crippen LogP contribution in [0.4, 0.5) is 0 Å². The van der Waals surface area contributed by atoms with Crippen molar-refractivity contribution in [2.24, 2.45) is 5.92 Å². The van der Waals surface area contributed by atoms with Crippen molar-refractivity contribution >= 4 is 23.0 Å². The molecule has 2 aromatic rings. The van der Waals surface area contributed by atoms with E-state index in [-0.39, 0.29) is 17.6 Å². The van der Waals surface area contributed by atoms with Crippen LogP contribution in [-0.2, 0) is 0 Å². The summed E-state index contributed by atoms with van der Waals surface area (Å²) in [6, 6.07) is 3.30. The highest BCUT2D eigenvalue weighted by Crippen LogP contribution is 2.38. The average molecular weight is 390 g/mol. The summed E-state index contributed by atoms with van der Waals surface area (Å²) < 4.78 is 15.9. The van der Waals surface area contributed by atoms with Crippen LogP contribution in [0.3, 0.4) is 0 Å². The molecule has 0 radical (unpaired) electrons. The number of amides is 1. The highest BCUT2D eigenvalue weighted by atomic mass is 32.1. The van der Waals surface area contributed by atoms with E-state index in [2.05, 4.69) is 4.98 Å². The second-order valence-corrected chi connectivity index (χ2v) is 7.08. The Hall–Kier alpha value is -2.61. The van der Waals surface area contributed by atoms with Crippen LogP contribution in [0.2, 0.25) is 0 Å². The first kappa shape index (κ1) is 19.2. The number of carbonyl (C=O) groups is 2. The molecule has 2 heterocycles. The molecule has 0 N–H and O–H groups in total. The third-order valence-corrected chi connectivity index (χ3v) is 5.50. The van der Waals surface area contributed by atoms with Crippen LogP contribution in [0.25, 0.3) is 0 Å². The van der Waals surface area contributed by atoms with E-state index in [9.17, 15) is 9.59 Å². The van der Waals surface area contributed by atoms with E-state index in [1.807, 2.05) is 0 Å². The van der Waals surface area contributed by atoms with Gasteiger partial charge in [0.05, 0.1) is 21.3 Å². The molecular formula is C19H22N2O5S. The zero-order valence-electron chi connectivity index (χ0n) is 15.6. The van der Waals surface area contributed by atoms with Crippen LogP contribution < -0.4 is 14.2 Å². The lowest BCUT2D eigenvalue weighted by Crippen LogP contribution is -2.40. The van der Waals surface area contributed by atoms with Gasteiger partial charge < -0.3 is 19.1 Å². The molecule has 1 aromatic heterocycles. The summed E-state index contributed by atoms with van der Waals surface area (Å²) >= 11 is 1.36. The van der Waals surface area contributed by atoms with Crippen molar-refractivity contribution in [1.29, 1.82) is 0 Å². The number of Topliss-reactive ketones (excluding diaryl/α,β-unsaturated/α-hetero) is 1. The highest BCUT2D eigenvalue weighted by molar-refractivity contribution is 7.11. The van der Waals surface area contributed by atoms with Gasteiger partial charge in [0, 0.05) is 36.1 Å². The first-order chi connectivity index (χ1) is 13.1. The number of rotatable bonds is 6. The van der Waals surface area contributed by atoms with Crippen molar-refractivity contribution in [2.45, 2.75) is 12.8 Å². The maximum Gasteiger partial charge on any atom is 0.254 e. The van der Waals surface area contributed by atoms with Crippen molar-refractivity contribution in [3.8, 4) is 17.2 Å². The van der Waals surface area contributed by atoms with Crippen LogP contribution >= 0.6 is 11.3 Å². The first-order valence-corrected chi connectivity index (χ1v) is 9.50. The quantitative estimate of drug-likeness (QED) is 0.706. The molecule has 144 valence electrons. The van der Waals surface area contributed by atoms with Crippen LogP contribution in [0.15, 0.2) is 23.7 Å². The summed E-state index contributed by atoms with van der Waals surface area (Å²) in [6.07, 6.45) is 2.91. The summed E-state index contributed by atoms with van der Waals surface area (Å²) in [4.78, 5) is 31.2. The lowest BCUT2D eigenvalue weighted by molar-refractivity contribution is 0.0649. The molecule has 0 saturated carbocycles. The number of benzene rings is 1. The molecular weight excluding hydrogens is 368 g/mol. The van der Waals surface area contributed by atoms with Gasteiger partial charge in [-0.1, -0.05) is 0 Å². The summed E-state index contributed by atoms with van der Waals surface area (Å²) in [5.74, 6) is 1.20. The lowest BCUT2D eigenvalue weighted by Gasteiger charge is -2.31. The zero-order valence-corrected chi connectivity index (χ0v) is 16.4. The number of piperidine rings is 1. The van der Waals surface area contributed by atoms with E-state index >= 15 is 0 Å². The van der Waals surface area contributed by atoms with Crippen LogP contribution in [0.1, 0.15) is 33.0 Å². The molecule has 1 fully saturated rings. The van der Waals surface area contributed by atoms with Gasteiger partial charge in [-0.15, -0.1) is 11.3 Å². The van der Waals surface area contributed by atoms with Gasteiger partial charge in [0.1, 0.15) is 0 Å². The minimum Gasteiger partial charge on any atom is -0.493 e. The fraction of sp³-hybridized carbons (Fsp3) is 0.421. The van der Waals surface area contributed by atoms with Crippen LogP contribution in [0, 0.1) is 5.92 Å². The molecule has 8 heteroatoms. The molecule has 0 bridgehead atoms. The van der Waals surface area contributed by atoms with E-state index in [0.717, 1.165) is 0 Å². The Labute approximate surface area is 161 Å². The maximum absolute atomic E-state index is 12.9. The van der Waals surface area contributed by atoms with Gasteiger partial charge in [0.2, 0.25) is 5.75 Å². The third kappa shape index (κ3) is 3.90. The van der Waals surface area contributed by atoms with Crippen molar-refractivity contribution in [2.75, 3.05) is 34.4 Å². The molecule has 3 rings (SSSR count). The largest absolute Gasteiger partial charge is 0.493 e. The van der Waals surface area contributed by atoms with Gasteiger partial charge in [-0.2, -0.15) is 0 Å². The van der Waals surface area contributed by atoms with Gasteiger partial charge in [-0.25, -0.2) is 4.98 Å². The number of methoxy groups -OCH3 is 3. The van der Waals surface area contributed by atoms with E-state index in [1.165, 1.54) is 32.7 Å². The Balaban J connectivity index is 1.71. The van der Waals surface area contributed by atoms with Crippen LogP contribution in [0.5, 0.6) is 17.2 Å². The number of carbonyl (C=O) groups excluding carboxylic acids is 2. The van der Waals surface area contributed by atoms with E-state index in [4.69, 9.17) is 14.2 Å². The van der Waals surface area contributed by atoms with Gasteiger partial charge in [0.25, 0.3) is 5.91 Å². The summed E-state index contributed by atoms with van der Waals surface area (Å²) in [6.45, 7) is 1.05. The molecule has 1 aliphatic rings. The molecule has 0 spiro atoms. The Morgan fingerprint density at radius 3 is 2.19 bits per heavy atom. The second kappa shape index (κ2) is 8.39. The Morgan fingerprint density at radius 2 is 1.70 bits per heavy atom. The molecule has 1 amide bonds. The minimum absolute atomic E-state index is 0.0740. The highest BCUT2D eigenvalue weighted by Gasteiger charge is 2.30. The Bertz CT molecular complexity index is 789. The average Bonchev–Trinajstić information content (AvgIpc) is 3.26. The number of ketones is 1. The van der Waals surface area contributed by atoms with Gasteiger partial charge in [-0.3, -0.25) is 9.59 Å². The zero-order chi connectivity index (χ0) is 19.4. The third-order valence-electron chi connectivity index (χ3n) is 4.71. The molecule has 1 aromatic carbocycles. The van der Waals surface area contributed by atoms with E-state index in [1.54, 1.807) is 28.6 Å². The number of nitrogens with zero attached hydrogens (tertiary/aromatic N) is 2. The Kier molecular flexibility index (Phi) is 5.95. The van der Waals surface area contributed by atoms with Gasteiger partial charge in [-0.05, 0) is 25.0 Å². The van der Waals surface area contributed by atoms with Gasteiger partial charge >= 0.3 is 0 Å². The summed E-state index contributed by atoms with van der Waals surface area (Å²) in [7, 11) is 4.55. The second-order valence-electron chi connectivity index (χ2n) is 6.18. The van der Waals surface area contributed by atoms with Crippen molar-refractivity contribution < 1.29 is 23.8 Å². The molecule has 0 aliphatic carbocycles. The smallest absolute Gasteiger partial charge is 0.254 e. The lowest BCUT2D eigenvalue weighted by atomic mass is 9.92. The fourth-order valence-corrected chi connectivity index (χ4v) is 3.91. The predicted octanol–water partition coefficient (Wildman–Crippen LogP) is 2.90. The number of hydrogen-bond acceptors (Lipinski definition) is 7. The molecule has 1 aliphatic heterocycles. The number of aromatic nitrogens is 1. The normalized spacial score (nSPS) is 14.7. The molecule has 7 nitrogen and oxygen atoms in total. The predicted molar refractivity (Wildman–Crippen MR) is 101 cm³/mol. The first-order valence-electron chi connectivity index (χ1n) is 8.62. The molecule has 1 saturated heterocycles. The number of ether oxygens (including phenoxy) is 3. The standard InChI is InChI=1S/C19H22N2O5S/c1-24-14-10-13(11-15(25-2)17(14)26-3)19(23)21-7-4-12(5-8-21)16(22)18-20-6-9-27-18/h6,9-12H,4-5,7-8H2,1-3H3. The SMILES string of the molecule is COc1cc(C(=O)N2CCC(C(=O)c3nccs3)CC2)cc(OC)c1OC. The number of hydrogen-bond donors (Lipinski definition) is 0. The number of likely N-dealkylation sites (tertiary alicyclic amines) is 1.